The zero-order chi connectivity index (χ0) is 10.9. The summed E-state index contributed by atoms with van der Waals surface area (Å²) in [5, 5.41) is 0. The van der Waals surface area contributed by atoms with Crippen LogP contribution in [-0.4, -0.2) is 24.5 Å². The summed E-state index contributed by atoms with van der Waals surface area (Å²) in [6.07, 6.45) is 0. The molecule has 0 unspecified atom stereocenters. The Labute approximate surface area is 131 Å². The van der Waals surface area contributed by atoms with E-state index in [1.807, 2.05) is 0 Å². The second-order valence-corrected chi connectivity index (χ2v) is 5.82. The zero-order valence-corrected chi connectivity index (χ0v) is 14.3. The van der Waals surface area contributed by atoms with E-state index in [0.717, 1.165) is 0 Å². The Bertz CT molecular complexity index is 290. The van der Waals surface area contributed by atoms with Crippen molar-refractivity contribution in [3.8, 4) is 0 Å². The second-order valence-electron chi connectivity index (χ2n) is 1.61. The smallest absolute Gasteiger partial charge is 1.00 e. The zero-order valence-electron chi connectivity index (χ0n) is 9.62. The van der Waals surface area contributed by atoms with E-state index in [-0.39, 0.29) is 62.0 Å². The fraction of sp³-hybridized carbons (Fsp3) is 0. The summed E-state index contributed by atoms with van der Waals surface area (Å²) in [7, 11) is -16.2. The van der Waals surface area contributed by atoms with Gasteiger partial charge in [-0.15, -0.1) is 0 Å². The third kappa shape index (κ3) is 16.4. The van der Waals surface area contributed by atoms with Gasteiger partial charge in [-0.3, -0.25) is 0 Å². The van der Waals surface area contributed by atoms with Gasteiger partial charge in [0.25, 0.3) is 0 Å². The first-order valence-corrected chi connectivity index (χ1v) is 6.83. The maximum absolute atomic E-state index is 10.4. The normalized spacial score (nSPS) is 12.6. The van der Waals surface area contributed by atoms with Gasteiger partial charge in [-0.1, -0.05) is 0 Å². The van der Waals surface area contributed by atoms with Crippen LogP contribution in [0, 0.1) is 0 Å². The van der Waals surface area contributed by atoms with Crippen LogP contribution in [0.25, 0.3) is 0 Å². The van der Waals surface area contributed by atoms with Crippen molar-refractivity contribution in [3.05, 3.63) is 0 Å². The fourth-order valence-corrected chi connectivity index (χ4v) is 2.82. The summed E-state index contributed by atoms with van der Waals surface area (Å²) >= 11 is 0. The van der Waals surface area contributed by atoms with Crippen molar-refractivity contribution in [2.75, 3.05) is 0 Å². The first kappa shape index (κ1) is 22.6. The van der Waals surface area contributed by atoms with Gasteiger partial charge in [-0.2, -0.15) is 8.62 Å². The van der Waals surface area contributed by atoms with Gasteiger partial charge in [-0.05, 0) is 0 Å². The Morgan fingerprint density at radius 1 is 0.733 bits per heavy atom. The third-order valence-corrected chi connectivity index (χ3v) is 3.77. The van der Waals surface area contributed by atoms with Crippen LogP contribution >= 0.6 is 23.5 Å². The molecule has 84 valence electrons. The molecule has 15 heavy (non-hydrogen) atoms. The molecule has 0 atom stereocenters. The van der Waals surface area contributed by atoms with Gasteiger partial charge in [0.15, 0.2) is 0 Å². The summed E-state index contributed by atoms with van der Waals surface area (Å²) in [4.78, 5) is 40.2. The summed E-state index contributed by atoms with van der Waals surface area (Å²) in [5.41, 5.74) is 0. The molecular weight excluding hydrogens is 299 g/mol. The van der Waals surface area contributed by atoms with E-state index < -0.39 is 23.5 Å². The van der Waals surface area contributed by atoms with Crippen molar-refractivity contribution in [2.24, 2.45) is 0 Å². The summed E-state index contributed by atoms with van der Waals surface area (Å²) in [6.45, 7) is 0. The largest absolute Gasteiger partial charge is 1.00 e. The molecule has 0 spiro atoms. The first-order chi connectivity index (χ1) is 5.41. The molecule has 0 bridgehead atoms. The maximum atomic E-state index is 10.4. The molecule has 0 radical (unpaired) electrons. The monoisotopic (exact) mass is 306 g/mol. The van der Waals surface area contributed by atoms with E-state index in [1.165, 1.54) is 0 Å². The molecule has 0 rings (SSSR count). The van der Waals surface area contributed by atoms with Gasteiger partial charge in [-0.25, -0.2) is 13.7 Å². The van der Waals surface area contributed by atoms with Crippen LogP contribution in [0.4, 0.5) is 0 Å². The first-order valence-electron chi connectivity index (χ1n) is 2.28. The Balaban J connectivity index is -0.000000120. The van der Waals surface area contributed by atoms with Crippen LogP contribution < -0.4 is 59.1 Å². The van der Waals surface area contributed by atoms with E-state index in [4.69, 9.17) is 24.5 Å². The van der Waals surface area contributed by atoms with E-state index in [2.05, 4.69) is 8.62 Å². The molecule has 0 aromatic heterocycles. The van der Waals surface area contributed by atoms with E-state index in [0.29, 0.717) is 0 Å². The third-order valence-electron chi connectivity index (χ3n) is 0.419. The van der Waals surface area contributed by atoms with Crippen LogP contribution in [0.15, 0.2) is 0 Å². The molecule has 0 aromatic carbocycles. The van der Waals surface area contributed by atoms with Crippen LogP contribution in [0.1, 0.15) is 2.85 Å². The second kappa shape index (κ2) is 7.76. The Hall–Kier alpha value is 2.41. The van der Waals surface area contributed by atoms with Gasteiger partial charge < -0.3 is 27.3 Å². The van der Waals surface area contributed by atoms with Crippen LogP contribution in [-0.2, 0) is 22.3 Å². The van der Waals surface area contributed by atoms with E-state index in [1.54, 1.807) is 0 Å². The van der Waals surface area contributed by atoms with Crippen LogP contribution in [0.2, 0.25) is 0 Å². The van der Waals surface area contributed by atoms with Crippen molar-refractivity contribution in [1.29, 1.82) is 0 Å². The van der Waals surface area contributed by atoms with E-state index in [9.17, 15) is 13.7 Å². The molecule has 0 aliphatic rings. The molecule has 0 fully saturated rings. The standard InChI is InChI=1S/2Na.H5O10P3.2H/c;;1-11(2,3)9-13(7,8)10-12(4,5)6;;/h;;(H,7,8)(H2,1,2,3)(H2,4,5,6);;/q2*+1;;2*-1. The van der Waals surface area contributed by atoms with Crippen molar-refractivity contribution in [3.63, 3.8) is 0 Å². The number of rotatable bonds is 4. The average molecular weight is 306 g/mol. The molecule has 0 saturated heterocycles. The Morgan fingerprint density at radius 3 is 1.07 bits per heavy atom. The molecule has 0 amide bonds. The van der Waals surface area contributed by atoms with Crippen LogP contribution in [0.3, 0.4) is 0 Å². The maximum Gasteiger partial charge on any atom is 1.00 e. The van der Waals surface area contributed by atoms with Crippen molar-refractivity contribution in [1.82, 2.24) is 0 Å². The SMILES string of the molecule is O=P(O)(O)OP(=O)(O)OP(=O)(O)O.[H-].[H-].[Na+].[Na+]. The molecule has 0 saturated carbocycles. The molecule has 0 aromatic rings. The fourth-order valence-electron chi connectivity index (χ4n) is 0.284. The van der Waals surface area contributed by atoms with Gasteiger partial charge in [0, 0.05) is 0 Å². The molecule has 0 heterocycles. The molecule has 10 nitrogen and oxygen atoms in total. The van der Waals surface area contributed by atoms with E-state index >= 15 is 0 Å². The molecule has 0 aliphatic heterocycles. The summed E-state index contributed by atoms with van der Waals surface area (Å²) in [6, 6.07) is 0. The predicted octanol–water partition coefficient (Wildman–Crippen LogP) is -6.46. The Morgan fingerprint density at radius 2 is 0.933 bits per heavy atom. The van der Waals surface area contributed by atoms with Gasteiger partial charge in [0.05, 0.1) is 0 Å². The number of phosphoric acid groups is 3. The van der Waals surface area contributed by atoms with Crippen LogP contribution in [0.5, 0.6) is 0 Å². The minimum Gasteiger partial charge on any atom is -1.00 e. The van der Waals surface area contributed by atoms with Crippen molar-refractivity contribution < 1.29 is 109 Å². The average Bonchev–Trinajstić information content (AvgIpc) is 1.43. The van der Waals surface area contributed by atoms with Gasteiger partial charge in [0.2, 0.25) is 0 Å². The minimum absolute atomic E-state index is 0. The van der Waals surface area contributed by atoms with Gasteiger partial charge in [0.1, 0.15) is 0 Å². The van der Waals surface area contributed by atoms with Crippen molar-refractivity contribution >= 4 is 23.5 Å². The molecular formula is H7Na2O10P3. The quantitative estimate of drug-likeness (QED) is 0.248. The molecule has 15 heteroatoms. The topological polar surface area (TPSA) is 171 Å². The van der Waals surface area contributed by atoms with Gasteiger partial charge >= 0.3 is 82.6 Å². The Kier molecular flexibility index (Phi) is 11.7. The number of hydrogen-bond donors (Lipinski definition) is 5. The molecule has 0 aliphatic carbocycles. The number of hydrogen-bond acceptors (Lipinski definition) is 5. The summed E-state index contributed by atoms with van der Waals surface area (Å²) < 4.78 is 36.4. The predicted molar refractivity (Wildman–Crippen MR) is 38.3 cm³/mol. The summed E-state index contributed by atoms with van der Waals surface area (Å²) in [5.74, 6) is 0. The molecule has 5 N–H and O–H groups in total. The van der Waals surface area contributed by atoms with Crippen molar-refractivity contribution in [2.45, 2.75) is 0 Å². The minimum atomic E-state index is -5.46.